The van der Waals surface area contributed by atoms with Crippen molar-refractivity contribution < 1.29 is 0 Å². The van der Waals surface area contributed by atoms with Gasteiger partial charge in [0.25, 0.3) is 0 Å². The molecule has 0 aliphatic heterocycles. The summed E-state index contributed by atoms with van der Waals surface area (Å²) in [6, 6.07) is 135. The van der Waals surface area contributed by atoms with Crippen LogP contribution in [0.2, 0.25) is 0 Å². The van der Waals surface area contributed by atoms with E-state index in [0.717, 1.165) is 11.4 Å². The van der Waals surface area contributed by atoms with Gasteiger partial charge in [0.15, 0.2) is 0 Å². The van der Waals surface area contributed by atoms with Crippen LogP contribution in [0.4, 0.5) is 34.1 Å². The maximum Gasteiger partial charge on any atom is 0.0726 e. The molecule has 6 heteroatoms. The fourth-order valence-corrected chi connectivity index (χ4v) is 18.7. The number of benzene rings is 16. The van der Waals surface area contributed by atoms with Gasteiger partial charge in [0.05, 0.1) is 38.5 Å². The van der Waals surface area contributed by atoms with Crippen molar-refractivity contribution in [2.45, 2.75) is 38.5 Å². The number of nitrogens with zero attached hydrogens (tertiary/aromatic N) is 6. The molecule has 3 aliphatic carbocycles. The highest BCUT2D eigenvalue weighted by atomic mass is 15.1. The number of fused-ring (bicyclic) bond motifs is 22. The molecule has 0 unspecified atom stereocenters. The van der Waals surface area contributed by atoms with E-state index in [1.54, 1.807) is 0 Å². The predicted molar refractivity (Wildman–Crippen MR) is 469 cm³/mol. The van der Waals surface area contributed by atoms with Crippen LogP contribution in [0.1, 0.15) is 58.4 Å². The van der Waals surface area contributed by atoms with Gasteiger partial charge in [-0.05, 0) is 238 Å². The molecule has 111 heavy (non-hydrogen) atoms. The molecule has 1 spiro atoms. The Morgan fingerprint density at radius 2 is 0.477 bits per heavy atom. The molecule has 6 nitrogen and oxygen atoms in total. The molecule has 0 fully saturated rings. The minimum atomic E-state index is -0.337. The van der Waals surface area contributed by atoms with E-state index in [-0.39, 0.29) is 10.8 Å². The monoisotopic (exact) mass is 1430 g/mol. The molecule has 16 aromatic carbocycles. The van der Waals surface area contributed by atoms with Gasteiger partial charge in [-0.2, -0.15) is 0 Å². The number of rotatable bonds is 9. The first kappa shape index (κ1) is 66.7. The maximum absolute atomic E-state index is 2.44. The lowest BCUT2D eigenvalue weighted by atomic mass is 9.70. The third-order valence-corrected chi connectivity index (χ3v) is 24.2. The SMILES string of the molecule is CN(c1ccc(-n2c3ccccc3c3ccccc32)cc1)c1ccc2c(c1)C(C)(C)c1ccccc1-2.CN(c1ccc(-n2c3ccccc3c3ccccc32)cc1)c1ccc2c(c1)C1(c3ccccc3-c3ccccc31)c1ccccc1-2.Cc1ccc2c(c1)c1cc(C)ccc1n2-c1ccc(N(C)c2ccccc2)cc1. The van der Waals surface area contributed by atoms with Gasteiger partial charge in [-0.15, -0.1) is 0 Å². The minimum Gasteiger partial charge on any atom is -0.345 e. The van der Waals surface area contributed by atoms with Gasteiger partial charge in [0, 0.05) is 110 Å². The minimum absolute atomic E-state index is 0.00314. The highest BCUT2D eigenvalue weighted by molar-refractivity contribution is 6.12. The molecule has 0 radical (unpaired) electrons. The number of aryl methyl sites for hydroxylation is 2. The first-order valence-electron chi connectivity index (χ1n) is 38.6. The van der Waals surface area contributed by atoms with Crippen molar-refractivity contribution in [3.63, 3.8) is 0 Å². The Morgan fingerprint density at radius 1 is 0.207 bits per heavy atom. The van der Waals surface area contributed by atoms with E-state index in [9.17, 15) is 0 Å². The summed E-state index contributed by atoms with van der Waals surface area (Å²) in [5.74, 6) is 0. The Morgan fingerprint density at radius 3 is 0.865 bits per heavy atom. The lowest BCUT2D eigenvalue weighted by molar-refractivity contribution is 0.660. The van der Waals surface area contributed by atoms with Crippen LogP contribution in [-0.4, -0.2) is 34.8 Å². The summed E-state index contributed by atoms with van der Waals surface area (Å²) in [5.41, 5.74) is 36.6. The van der Waals surface area contributed by atoms with Crippen LogP contribution in [0.5, 0.6) is 0 Å². The maximum atomic E-state index is 2.44. The smallest absolute Gasteiger partial charge is 0.0726 e. The van der Waals surface area contributed by atoms with Gasteiger partial charge in [0.1, 0.15) is 0 Å². The summed E-state index contributed by atoms with van der Waals surface area (Å²) in [6.45, 7) is 8.99. The number of para-hydroxylation sites is 5. The molecule has 0 N–H and O–H groups in total. The normalized spacial score (nSPS) is 13.0. The van der Waals surface area contributed by atoms with Gasteiger partial charge >= 0.3 is 0 Å². The second kappa shape index (κ2) is 26.3. The third-order valence-electron chi connectivity index (χ3n) is 24.2. The van der Waals surface area contributed by atoms with Crippen LogP contribution >= 0.6 is 0 Å². The highest BCUT2D eigenvalue weighted by Gasteiger charge is 2.51. The Hall–Kier alpha value is -13.7. The second-order valence-electron chi connectivity index (χ2n) is 30.7. The van der Waals surface area contributed by atoms with E-state index in [1.165, 1.54) is 183 Å². The molecule has 0 amide bonds. The summed E-state index contributed by atoms with van der Waals surface area (Å²) in [5, 5.41) is 7.76. The fraction of sp³-hybridized carbons (Fsp3) is 0.0857. The average molecular weight is 1430 g/mol. The van der Waals surface area contributed by atoms with Gasteiger partial charge < -0.3 is 28.4 Å². The average Bonchev–Trinajstić information content (AvgIpc) is 1.51. The van der Waals surface area contributed by atoms with Crippen molar-refractivity contribution in [3.8, 4) is 50.4 Å². The molecule has 3 aliphatic rings. The van der Waals surface area contributed by atoms with Gasteiger partial charge in [0.2, 0.25) is 0 Å². The van der Waals surface area contributed by atoms with Crippen LogP contribution in [0.3, 0.4) is 0 Å². The summed E-state index contributed by atoms with van der Waals surface area (Å²) in [7, 11) is 6.45. The lowest BCUT2D eigenvalue weighted by Crippen LogP contribution is -2.26. The Kier molecular flexibility index (Phi) is 15.8. The summed E-state index contributed by atoms with van der Waals surface area (Å²) < 4.78 is 7.11. The number of hydrogen-bond donors (Lipinski definition) is 0. The Bertz CT molecular complexity index is 6640. The summed E-state index contributed by atoms with van der Waals surface area (Å²) >= 11 is 0. The van der Waals surface area contributed by atoms with Crippen LogP contribution in [0.25, 0.3) is 116 Å². The lowest BCUT2D eigenvalue weighted by Gasteiger charge is -2.31. The largest absolute Gasteiger partial charge is 0.345 e. The number of hydrogen-bond acceptors (Lipinski definition) is 3. The zero-order valence-electron chi connectivity index (χ0n) is 63.4. The van der Waals surface area contributed by atoms with E-state index in [2.05, 4.69) is 441 Å². The number of anilines is 6. The summed E-state index contributed by atoms with van der Waals surface area (Å²) in [6.07, 6.45) is 0. The van der Waals surface area contributed by atoms with Gasteiger partial charge in [-0.3, -0.25) is 0 Å². The molecule has 22 rings (SSSR count). The zero-order valence-corrected chi connectivity index (χ0v) is 63.4. The molecule has 0 saturated carbocycles. The van der Waals surface area contributed by atoms with E-state index in [0.29, 0.717) is 0 Å². The van der Waals surface area contributed by atoms with Gasteiger partial charge in [-0.1, -0.05) is 237 Å². The molecule has 0 bridgehead atoms. The molecular weight excluding hydrogens is 1350 g/mol. The molecule has 3 aromatic heterocycles. The van der Waals surface area contributed by atoms with Crippen LogP contribution in [0, 0.1) is 13.8 Å². The molecule has 0 atom stereocenters. The standard InChI is InChI=1S/C44H30N2.C34H28N2.C27H24N2/c1-45(29-22-24-30(25-23-29)46-42-20-10-5-15-36(42)37-16-6-11-21-43(37)46)31-26-27-35-34-14-4-9-19-40(34)44(41(35)28-31)38-17-7-2-12-32(38)33-13-3-8-18-39(33)44;1-34(2)30-13-7-4-10-26(30)27-21-20-25(22-31(27)34)35(3)23-16-18-24(19-17-23)36-32-14-8-5-11-28(32)29-12-6-9-15-33(29)36;1-19-9-15-26-24(17-19)25-18-20(2)10-16-27(25)29(26)23-13-11-22(12-14-23)28(3)21-7-5-4-6-8-21/h2-28H,1H3;4-22H,1-3H3;4-18H,1-3H3. The van der Waals surface area contributed by atoms with Crippen molar-refractivity contribution >= 4 is 99.5 Å². The van der Waals surface area contributed by atoms with E-state index >= 15 is 0 Å². The molecule has 3 heterocycles. The van der Waals surface area contributed by atoms with Crippen LogP contribution in [0.15, 0.2) is 370 Å². The quantitative estimate of drug-likeness (QED) is 0.144. The Balaban J connectivity index is 0.000000112. The van der Waals surface area contributed by atoms with Crippen molar-refractivity contribution in [2.24, 2.45) is 0 Å². The number of aromatic nitrogens is 3. The molecule has 19 aromatic rings. The van der Waals surface area contributed by atoms with E-state index in [4.69, 9.17) is 0 Å². The topological polar surface area (TPSA) is 24.5 Å². The molecular formula is C105H82N6. The second-order valence-corrected chi connectivity index (χ2v) is 30.7. The highest BCUT2D eigenvalue weighted by Crippen LogP contribution is 2.63. The third kappa shape index (κ3) is 10.6. The van der Waals surface area contributed by atoms with E-state index in [1.807, 2.05) is 6.07 Å². The summed E-state index contributed by atoms with van der Waals surface area (Å²) in [4.78, 5) is 6.82. The van der Waals surface area contributed by atoms with Crippen molar-refractivity contribution in [1.82, 2.24) is 13.7 Å². The first-order chi connectivity index (χ1) is 54.4. The van der Waals surface area contributed by atoms with Crippen molar-refractivity contribution in [1.29, 1.82) is 0 Å². The van der Waals surface area contributed by atoms with Crippen LogP contribution < -0.4 is 14.7 Å². The predicted octanol–water partition coefficient (Wildman–Crippen LogP) is 26.9. The molecule has 532 valence electrons. The van der Waals surface area contributed by atoms with Gasteiger partial charge in [-0.25, -0.2) is 0 Å². The first-order valence-corrected chi connectivity index (χ1v) is 38.6. The van der Waals surface area contributed by atoms with Crippen molar-refractivity contribution in [3.05, 3.63) is 415 Å². The van der Waals surface area contributed by atoms with Crippen molar-refractivity contribution in [2.75, 3.05) is 35.8 Å². The van der Waals surface area contributed by atoms with Crippen LogP contribution in [-0.2, 0) is 10.8 Å². The van der Waals surface area contributed by atoms with E-state index < -0.39 is 0 Å². The Labute approximate surface area is 648 Å². The zero-order chi connectivity index (χ0) is 74.8. The molecule has 0 saturated heterocycles. The fourth-order valence-electron chi connectivity index (χ4n) is 18.7.